The van der Waals surface area contributed by atoms with Crippen molar-refractivity contribution in [2.24, 2.45) is 0 Å². The van der Waals surface area contributed by atoms with Gasteiger partial charge in [-0.15, -0.1) is 0 Å². The van der Waals surface area contributed by atoms with Crippen molar-refractivity contribution in [3.8, 4) is 0 Å². The summed E-state index contributed by atoms with van der Waals surface area (Å²) in [5.41, 5.74) is 1.16. The molecule has 1 aromatic rings. The number of likely N-dealkylation sites (tertiary alicyclic amines) is 1. The molecule has 0 spiro atoms. The van der Waals surface area contributed by atoms with E-state index in [1.54, 1.807) is 6.07 Å². The molecule has 0 bridgehead atoms. The molecule has 18 heavy (non-hydrogen) atoms. The van der Waals surface area contributed by atoms with Gasteiger partial charge in [0.05, 0.1) is 5.60 Å². The first kappa shape index (κ1) is 12.1. The number of aliphatic hydroxyl groups is 1. The van der Waals surface area contributed by atoms with Gasteiger partial charge in [-0.2, -0.15) is 0 Å². The molecule has 3 rings (SSSR count). The average molecular weight is 249 g/mol. The van der Waals surface area contributed by atoms with Crippen LogP contribution in [-0.2, 0) is 13.0 Å². The van der Waals surface area contributed by atoms with Gasteiger partial charge >= 0.3 is 0 Å². The van der Waals surface area contributed by atoms with E-state index in [0.29, 0.717) is 6.42 Å². The second-order valence-corrected chi connectivity index (χ2v) is 5.81. The molecule has 1 N–H and O–H groups in total. The highest BCUT2D eigenvalue weighted by molar-refractivity contribution is 5.26. The van der Waals surface area contributed by atoms with Crippen LogP contribution in [0.15, 0.2) is 18.2 Å². The van der Waals surface area contributed by atoms with Gasteiger partial charge in [0.2, 0.25) is 0 Å². The molecule has 0 amide bonds. The second kappa shape index (κ2) is 4.63. The Labute approximate surface area is 107 Å². The Bertz CT molecular complexity index is 436. The zero-order valence-corrected chi connectivity index (χ0v) is 10.7. The number of rotatable bonds is 4. The van der Waals surface area contributed by atoms with Gasteiger partial charge in [0.15, 0.2) is 0 Å². The lowest BCUT2D eigenvalue weighted by molar-refractivity contribution is 0.151. The summed E-state index contributed by atoms with van der Waals surface area (Å²) in [6.07, 6.45) is 4.75. The fraction of sp³-hybridized carbons (Fsp3) is 0.600. The van der Waals surface area contributed by atoms with Gasteiger partial charge in [-0.3, -0.25) is 4.90 Å². The van der Waals surface area contributed by atoms with Gasteiger partial charge in [0.1, 0.15) is 5.82 Å². The molecule has 0 radical (unpaired) electrons. The summed E-state index contributed by atoms with van der Waals surface area (Å²) >= 11 is 0. The highest BCUT2D eigenvalue weighted by Gasteiger charge is 2.40. The molecule has 1 aliphatic heterocycles. The van der Waals surface area contributed by atoms with E-state index in [1.165, 1.54) is 12.8 Å². The lowest BCUT2D eigenvalue weighted by atomic mass is 10.0. The molecule has 3 heteroatoms. The van der Waals surface area contributed by atoms with Crippen LogP contribution in [0.25, 0.3) is 0 Å². The SMILES string of the molecule is OC1(Cc2ccc(CN3CCCC3)c(F)c2)CC1. The molecule has 0 aromatic heterocycles. The third-order valence-electron chi connectivity index (χ3n) is 4.07. The third kappa shape index (κ3) is 2.73. The maximum absolute atomic E-state index is 14.0. The van der Waals surface area contributed by atoms with E-state index in [4.69, 9.17) is 0 Å². The first-order valence-electron chi connectivity index (χ1n) is 6.87. The Hall–Kier alpha value is -0.930. The van der Waals surface area contributed by atoms with E-state index in [9.17, 15) is 9.50 Å². The zero-order valence-electron chi connectivity index (χ0n) is 10.7. The van der Waals surface area contributed by atoms with Crippen LogP contribution in [0.3, 0.4) is 0 Å². The van der Waals surface area contributed by atoms with Gasteiger partial charge in [-0.05, 0) is 50.4 Å². The van der Waals surface area contributed by atoms with Crippen LogP contribution in [0.2, 0.25) is 0 Å². The lowest BCUT2D eigenvalue weighted by Gasteiger charge is -2.16. The highest BCUT2D eigenvalue weighted by Crippen LogP contribution is 2.38. The van der Waals surface area contributed by atoms with Crippen LogP contribution in [0.5, 0.6) is 0 Å². The van der Waals surface area contributed by atoms with Crippen molar-refractivity contribution >= 4 is 0 Å². The fourth-order valence-corrected chi connectivity index (χ4v) is 2.71. The smallest absolute Gasteiger partial charge is 0.127 e. The minimum Gasteiger partial charge on any atom is -0.390 e. The monoisotopic (exact) mass is 249 g/mol. The van der Waals surface area contributed by atoms with Crippen molar-refractivity contribution in [1.29, 1.82) is 0 Å². The zero-order chi connectivity index (χ0) is 12.6. The van der Waals surface area contributed by atoms with Crippen LogP contribution in [0, 0.1) is 5.82 Å². The molecule has 0 unspecified atom stereocenters. The van der Waals surface area contributed by atoms with Crippen LogP contribution in [0.4, 0.5) is 4.39 Å². The molecule has 2 nitrogen and oxygen atoms in total. The Morgan fingerprint density at radius 1 is 1.22 bits per heavy atom. The number of benzene rings is 1. The summed E-state index contributed by atoms with van der Waals surface area (Å²) in [6, 6.07) is 5.45. The molecular formula is C15H20FNO. The Balaban J connectivity index is 1.68. The fourth-order valence-electron chi connectivity index (χ4n) is 2.71. The van der Waals surface area contributed by atoms with Crippen molar-refractivity contribution in [3.63, 3.8) is 0 Å². The number of nitrogens with zero attached hydrogens (tertiary/aromatic N) is 1. The molecule has 1 saturated heterocycles. The highest BCUT2D eigenvalue weighted by atomic mass is 19.1. The molecule has 98 valence electrons. The summed E-state index contributed by atoms with van der Waals surface area (Å²) in [6.45, 7) is 2.89. The quantitative estimate of drug-likeness (QED) is 0.886. The van der Waals surface area contributed by atoms with Crippen LogP contribution in [-0.4, -0.2) is 28.7 Å². The van der Waals surface area contributed by atoms with Crippen molar-refractivity contribution in [2.45, 2.75) is 44.2 Å². The number of halogens is 1. The van der Waals surface area contributed by atoms with Crippen LogP contribution < -0.4 is 0 Å². The van der Waals surface area contributed by atoms with Crippen molar-refractivity contribution < 1.29 is 9.50 Å². The standard InChI is InChI=1S/C15H20FNO/c16-14-9-12(10-15(18)5-6-15)3-4-13(14)11-17-7-1-2-8-17/h3-4,9,18H,1-2,5-8,10-11H2. The minimum absolute atomic E-state index is 0.122. The lowest BCUT2D eigenvalue weighted by Crippen LogP contribution is -2.19. The molecule has 2 fully saturated rings. The largest absolute Gasteiger partial charge is 0.390 e. The van der Waals surface area contributed by atoms with E-state index < -0.39 is 5.60 Å². The first-order chi connectivity index (χ1) is 8.65. The van der Waals surface area contributed by atoms with Gasteiger partial charge in [-0.1, -0.05) is 12.1 Å². The Kier molecular flexibility index (Phi) is 3.12. The molecule has 1 heterocycles. The molecule has 1 saturated carbocycles. The Morgan fingerprint density at radius 3 is 2.56 bits per heavy atom. The van der Waals surface area contributed by atoms with E-state index >= 15 is 0 Å². The number of hydrogen-bond donors (Lipinski definition) is 1. The predicted octanol–water partition coefficient (Wildman–Crippen LogP) is 2.49. The van der Waals surface area contributed by atoms with Gasteiger partial charge < -0.3 is 5.11 Å². The molecule has 1 aliphatic carbocycles. The van der Waals surface area contributed by atoms with Gasteiger partial charge in [0, 0.05) is 18.5 Å². The summed E-state index contributed by atoms with van der Waals surface area (Å²) in [5, 5.41) is 9.84. The second-order valence-electron chi connectivity index (χ2n) is 5.81. The maximum Gasteiger partial charge on any atom is 0.127 e. The normalized spacial score (nSPS) is 22.3. The van der Waals surface area contributed by atoms with Crippen LogP contribution >= 0.6 is 0 Å². The van der Waals surface area contributed by atoms with Crippen molar-refractivity contribution in [2.75, 3.05) is 13.1 Å². The van der Waals surface area contributed by atoms with Crippen molar-refractivity contribution in [3.05, 3.63) is 35.1 Å². The molecule has 1 aromatic carbocycles. The topological polar surface area (TPSA) is 23.5 Å². The summed E-state index contributed by atoms with van der Waals surface area (Å²) in [4.78, 5) is 2.30. The van der Waals surface area contributed by atoms with E-state index in [2.05, 4.69) is 4.90 Å². The molecular weight excluding hydrogens is 229 g/mol. The Morgan fingerprint density at radius 2 is 1.94 bits per heavy atom. The van der Waals surface area contributed by atoms with E-state index in [-0.39, 0.29) is 5.82 Å². The summed E-state index contributed by atoms with van der Waals surface area (Å²) in [7, 11) is 0. The van der Waals surface area contributed by atoms with Gasteiger partial charge in [-0.25, -0.2) is 4.39 Å². The maximum atomic E-state index is 14.0. The summed E-state index contributed by atoms with van der Waals surface area (Å²) in [5.74, 6) is -0.122. The molecule has 0 atom stereocenters. The van der Waals surface area contributed by atoms with E-state index in [1.807, 2.05) is 12.1 Å². The predicted molar refractivity (Wildman–Crippen MR) is 68.8 cm³/mol. The van der Waals surface area contributed by atoms with Crippen molar-refractivity contribution in [1.82, 2.24) is 4.90 Å². The molecule has 2 aliphatic rings. The van der Waals surface area contributed by atoms with Crippen LogP contribution in [0.1, 0.15) is 36.8 Å². The van der Waals surface area contributed by atoms with Gasteiger partial charge in [0.25, 0.3) is 0 Å². The first-order valence-corrected chi connectivity index (χ1v) is 6.87. The average Bonchev–Trinajstić information content (AvgIpc) is 2.86. The summed E-state index contributed by atoms with van der Waals surface area (Å²) < 4.78 is 14.0. The minimum atomic E-state index is -0.539. The number of hydrogen-bond acceptors (Lipinski definition) is 2. The third-order valence-corrected chi connectivity index (χ3v) is 4.07. The van der Waals surface area contributed by atoms with E-state index in [0.717, 1.165) is 43.6 Å².